The van der Waals surface area contributed by atoms with Crippen LogP contribution in [0, 0.1) is 0 Å². The Morgan fingerprint density at radius 1 is 1.47 bits per heavy atom. The molecule has 0 aromatic carbocycles. The van der Waals surface area contributed by atoms with Crippen LogP contribution >= 0.6 is 0 Å². The molecule has 0 saturated heterocycles. The van der Waals surface area contributed by atoms with Crippen molar-refractivity contribution in [2.45, 2.75) is 45.8 Å². The van der Waals surface area contributed by atoms with Gasteiger partial charge in [-0.3, -0.25) is 4.90 Å². The van der Waals surface area contributed by atoms with Gasteiger partial charge < -0.3 is 10.6 Å². The second kappa shape index (κ2) is 5.54. The highest BCUT2D eigenvalue weighted by Gasteiger charge is 2.29. The van der Waals surface area contributed by atoms with E-state index in [-0.39, 0.29) is 0 Å². The lowest BCUT2D eigenvalue weighted by Crippen LogP contribution is -2.44. The molecule has 0 aromatic rings. The van der Waals surface area contributed by atoms with Crippen LogP contribution in [0.15, 0.2) is 11.4 Å². The van der Waals surface area contributed by atoms with E-state index in [2.05, 4.69) is 68.2 Å². The van der Waals surface area contributed by atoms with Crippen LogP contribution in [-0.2, 0) is 0 Å². The summed E-state index contributed by atoms with van der Waals surface area (Å²) in [7, 11) is 6.26. The monoisotopic (exact) mass is 239 g/mol. The second-order valence-corrected chi connectivity index (χ2v) is 5.17. The topological polar surface area (TPSA) is 30.3 Å². The van der Waals surface area contributed by atoms with Crippen molar-refractivity contribution >= 4 is 6.34 Å². The second-order valence-electron chi connectivity index (χ2n) is 5.17. The molecule has 0 aliphatic carbocycles. The summed E-state index contributed by atoms with van der Waals surface area (Å²) in [5.41, 5.74) is 1.37. The molecule has 0 saturated carbocycles. The van der Waals surface area contributed by atoms with Crippen molar-refractivity contribution in [3.05, 3.63) is 11.4 Å². The summed E-state index contributed by atoms with van der Waals surface area (Å²) in [4.78, 5) is 2.32. The summed E-state index contributed by atoms with van der Waals surface area (Å²) in [6, 6.07) is 1.23. The summed E-state index contributed by atoms with van der Waals surface area (Å²) in [6.45, 7) is 8.84. The van der Waals surface area contributed by atoms with Crippen LogP contribution in [0.3, 0.4) is 0 Å². The average molecular weight is 239 g/mol. The Kier molecular flexibility index (Phi) is 4.57. The van der Waals surface area contributed by atoms with Gasteiger partial charge in [0.1, 0.15) is 0 Å². The van der Waals surface area contributed by atoms with Crippen LogP contribution in [0.2, 0.25) is 0 Å². The lowest BCUT2D eigenvalue weighted by Gasteiger charge is -2.26. The fraction of sp³-hybridized carbons (Fsp3) is 0.769. The van der Waals surface area contributed by atoms with Crippen molar-refractivity contribution in [3.63, 3.8) is 0 Å². The van der Waals surface area contributed by atoms with Gasteiger partial charge in [-0.25, -0.2) is 4.58 Å². The predicted octanol–water partition coefficient (Wildman–Crippen LogP) is 0.808. The fourth-order valence-corrected chi connectivity index (χ4v) is 2.42. The molecule has 0 bridgehead atoms. The number of hydrogen-bond acceptors (Lipinski definition) is 3. The van der Waals surface area contributed by atoms with Crippen molar-refractivity contribution in [3.8, 4) is 0 Å². The van der Waals surface area contributed by atoms with E-state index < -0.39 is 0 Å². The number of rotatable bonds is 3. The van der Waals surface area contributed by atoms with E-state index in [9.17, 15) is 0 Å². The minimum Gasteiger partial charge on any atom is -0.310 e. The third-order valence-corrected chi connectivity index (χ3v) is 3.60. The van der Waals surface area contributed by atoms with Crippen molar-refractivity contribution in [1.29, 1.82) is 0 Å². The molecule has 0 spiro atoms. The Morgan fingerprint density at radius 2 is 2.06 bits per heavy atom. The lowest BCUT2D eigenvalue weighted by atomic mass is 10.0. The van der Waals surface area contributed by atoms with Gasteiger partial charge in [-0.15, -0.1) is 0 Å². The molecule has 2 N–H and O–H groups in total. The lowest BCUT2D eigenvalue weighted by molar-refractivity contribution is -0.462. The van der Waals surface area contributed by atoms with Gasteiger partial charge in [0.25, 0.3) is 0 Å². The first-order valence-electron chi connectivity index (χ1n) is 6.33. The van der Waals surface area contributed by atoms with Gasteiger partial charge in [0.05, 0.1) is 32.2 Å². The third-order valence-electron chi connectivity index (χ3n) is 3.60. The van der Waals surface area contributed by atoms with Crippen LogP contribution in [0.5, 0.6) is 0 Å². The molecule has 2 atom stereocenters. The summed E-state index contributed by atoms with van der Waals surface area (Å²) >= 11 is 0. The summed E-state index contributed by atoms with van der Waals surface area (Å²) < 4.78 is 2.17. The van der Waals surface area contributed by atoms with E-state index in [0.717, 1.165) is 0 Å². The number of likely N-dealkylation sites (N-methyl/N-ethyl adjacent to an activating group) is 1. The molecule has 1 aliphatic heterocycles. The van der Waals surface area contributed by atoms with Crippen molar-refractivity contribution in [2.75, 3.05) is 21.1 Å². The van der Waals surface area contributed by atoms with E-state index in [0.29, 0.717) is 18.1 Å². The molecular weight excluding hydrogens is 212 g/mol. The molecule has 1 rings (SSSR count). The van der Waals surface area contributed by atoms with Gasteiger partial charge in [-0.1, -0.05) is 0 Å². The summed E-state index contributed by atoms with van der Waals surface area (Å²) in [5.74, 6) is 1.27. The molecule has 0 amide bonds. The maximum Gasteiger partial charge on any atom is 0.223 e. The van der Waals surface area contributed by atoms with Crippen molar-refractivity contribution < 1.29 is 4.58 Å². The minimum atomic E-state index is 0.354. The van der Waals surface area contributed by atoms with Gasteiger partial charge in [-0.05, 0) is 34.7 Å². The first-order valence-corrected chi connectivity index (χ1v) is 6.33. The van der Waals surface area contributed by atoms with Gasteiger partial charge in [0, 0.05) is 5.57 Å². The van der Waals surface area contributed by atoms with E-state index in [1.165, 1.54) is 11.4 Å². The molecule has 17 heavy (non-hydrogen) atoms. The molecule has 98 valence electrons. The van der Waals surface area contributed by atoms with Gasteiger partial charge in [-0.2, -0.15) is 0 Å². The smallest absolute Gasteiger partial charge is 0.223 e. The minimum absolute atomic E-state index is 0.354. The molecule has 1 heterocycles. The average Bonchev–Trinajstić information content (AvgIpc) is 2.36. The molecule has 2 unspecified atom stereocenters. The first kappa shape index (κ1) is 14.0. The Morgan fingerprint density at radius 3 is 2.53 bits per heavy atom. The van der Waals surface area contributed by atoms with Gasteiger partial charge in [0.15, 0.2) is 6.34 Å². The Balaban J connectivity index is 3.21. The fourth-order valence-electron chi connectivity index (χ4n) is 2.42. The van der Waals surface area contributed by atoms with E-state index in [1.807, 2.05) is 7.05 Å². The molecule has 4 heteroatoms. The highest BCUT2D eigenvalue weighted by molar-refractivity contribution is 5.51. The Hall–Kier alpha value is -1.03. The molecule has 0 aromatic heterocycles. The van der Waals surface area contributed by atoms with Gasteiger partial charge >= 0.3 is 0 Å². The molecule has 1 aliphatic rings. The standard InChI is InChI=1S/C13H26N4/c1-9(2)17(7)13-10(3)12(14-5)11(4)15-8-16(13)6/h8-9,11-12,14H,1-7H3/p+1. The van der Waals surface area contributed by atoms with Crippen LogP contribution < -0.4 is 10.6 Å². The van der Waals surface area contributed by atoms with E-state index in [4.69, 9.17) is 0 Å². The normalized spacial score (nSPS) is 25.5. The van der Waals surface area contributed by atoms with Crippen LogP contribution in [0.25, 0.3) is 0 Å². The Bertz CT molecular complexity index is 330. The number of nitrogens with one attached hydrogen (secondary N) is 2. The highest BCUT2D eigenvalue weighted by Crippen LogP contribution is 2.18. The molecule has 0 fully saturated rings. The zero-order valence-electron chi connectivity index (χ0n) is 12.2. The summed E-state index contributed by atoms with van der Waals surface area (Å²) in [5, 5.41) is 6.81. The van der Waals surface area contributed by atoms with Gasteiger partial charge in [0.2, 0.25) is 5.82 Å². The largest absolute Gasteiger partial charge is 0.310 e. The molecule has 0 radical (unpaired) electrons. The quantitative estimate of drug-likeness (QED) is 0.715. The number of nitrogens with zero attached hydrogens (tertiary/aromatic N) is 2. The SMILES string of the molecule is CNC1C(C)=C(N(C)C(C)C)[N+](C)=CNC1C. The zero-order chi connectivity index (χ0) is 13.2. The van der Waals surface area contributed by atoms with Crippen LogP contribution in [-0.4, -0.2) is 55.1 Å². The highest BCUT2D eigenvalue weighted by atomic mass is 15.3. The first-order chi connectivity index (χ1) is 7.90. The molecule has 4 nitrogen and oxygen atoms in total. The van der Waals surface area contributed by atoms with E-state index >= 15 is 0 Å². The van der Waals surface area contributed by atoms with Crippen molar-refractivity contribution in [2.24, 2.45) is 0 Å². The number of hydrogen-bond donors (Lipinski definition) is 2. The zero-order valence-corrected chi connectivity index (χ0v) is 12.2. The predicted molar refractivity (Wildman–Crippen MR) is 73.3 cm³/mol. The maximum absolute atomic E-state index is 3.42. The molecular formula is C13H27N4+. The van der Waals surface area contributed by atoms with Crippen LogP contribution in [0.4, 0.5) is 0 Å². The van der Waals surface area contributed by atoms with Crippen LogP contribution in [0.1, 0.15) is 27.7 Å². The van der Waals surface area contributed by atoms with E-state index in [1.54, 1.807) is 0 Å². The summed E-state index contributed by atoms with van der Waals surface area (Å²) in [6.07, 6.45) is 2.06. The Labute approximate surface area is 105 Å². The van der Waals surface area contributed by atoms with Crippen molar-refractivity contribution in [1.82, 2.24) is 15.5 Å². The maximum atomic E-state index is 3.42. The third kappa shape index (κ3) is 2.80.